The first-order chi connectivity index (χ1) is 21.1. The Balaban J connectivity index is 1.16. The molecular formula is C34H42N8O2. The van der Waals surface area contributed by atoms with Crippen molar-refractivity contribution < 1.29 is 9.59 Å². The number of benzene rings is 2. The van der Waals surface area contributed by atoms with Crippen LogP contribution in [-0.4, -0.2) is 81.3 Å². The fraction of sp³-hybridized carbons (Fsp3) is 0.441. The van der Waals surface area contributed by atoms with Crippen LogP contribution in [0.1, 0.15) is 67.6 Å². The van der Waals surface area contributed by atoms with Crippen LogP contribution in [0.5, 0.6) is 0 Å². The van der Waals surface area contributed by atoms with E-state index >= 15 is 0 Å². The molecule has 1 N–H and O–H groups in total. The number of imidazole rings is 1. The number of anilines is 3. The Hall–Kier alpha value is -4.31. The normalized spacial score (nSPS) is 19.9. The second-order valence-corrected chi connectivity index (χ2v) is 13.3. The van der Waals surface area contributed by atoms with E-state index < -0.39 is 0 Å². The van der Waals surface area contributed by atoms with Crippen LogP contribution in [0, 0.1) is 5.92 Å². The zero-order valence-electron chi connectivity index (χ0n) is 26.3. The average Bonchev–Trinajstić information content (AvgIpc) is 3.49. The lowest BCUT2D eigenvalue weighted by atomic mass is 9.85. The van der Waals surface area contributed by atoms with Crippen molar-refractivity contribution in [3.05, 3.63) is 77.6 Å². The van der Waals surface area contributed by atoms with Crippen molar-refractivity contribution in [2.45, 2.75) is 51.5 Å². The molecule has 2 aromatic carbocycles. The van der Waals surface area contributed by atoms with Crippen molar-refractivity contribution in [2.24, 2.45) is 5.92 Å². The van der Waals surface area contributed by atoms with E-state index in [1.54, 1.807) is 15.6 Å². The van der Waals surface area contributed by atoms with E-state index in [4.69, 9.17) is 10.1 Å². The smallest absolute Gasteiger partial charge is 0.245 e. The summed E-state index contributed by atoms with van der Waals surface area (Å²) >= 11 is 0. The molecule has 0 saturated carbocycles. The Bertz CT molecular complexity index is 1640. The lowest BCUT2D eigenvalue weighted by Gasteiger charge is -2.37. The van der Waals surface area contributed by atoms with E-state index in [0.717, 1.165) is 55.8 Å². The summed E-state index contributed by atoms with van der Waals surface area (Å²) in [6.45, 7) is 9.66. The summed E-state index contributed by atoms with van der Waals surface area (Å²) in [5.41, 5.74) is 4.50. The summed E-state index contributed by atoms with van der Waals surface area (Å²) in [4.78, 5) is 41.5. The van der Waals surface area contributed by atoms with Crippen molar-refractivity contribution in [3.63, 3.8) is 0 Å². The molecule has 2 atom stereocenters. The van der Waals surface area contributed by atoms with Crippen LogP contribution in [-0.2, 0) is 10.2 Å². The molecule has 2 saturated heterocycles. The minimum absolute atomic E-state index is 0.0582. The molecule has 1 amide bonds. The predicted octanol–water partition coefficient (Wildman–Crippen LogP) is 5.10. The SMILES string of the molecule is CN1CCN(C)C(c2ccc(Nc3nc(N4CCCC(CC(=O)c5ccc(C(C)(C)C)cc5)C4)nn4ccnc34)cc2)C1=O. The standard InChI is InChI=1S/C34H42N8O2/c1-34(2,3)26-12-8-24(9-13-26)28(43)21-23-7-6-17-41(22-23)33-37-30(31-35-16-18-42(31)38-33)36-27-14-10-25(11-15-27)29-32(44)40(5)20-19-39(29)4/h8-16,18,23,29H,6-7,17,19-22H2,1-5H3,(H,36,37,38). The maximum Gasteiger partial charge on any atom is 0.245 e. The lowest BCUT2D eigenvalue weighted by Crippen LogP contribution is -2.48. The number of hydrogen-bond acceptors (Lipinski definition) is 8. The first-order valence-electron chi connectivity index (χ1n) is 15.5. The van der Waals surface area contributed by atoms with Gasteiger partial charge < -0.3 is 15.1 Å². The van der Waals surface area contributed by atoms with Gasteiger partial charge in [0.25, 0.3) is 0 Å². The number of carbonyl (C=O) groups excluding carboxylic acids is 2. The second kappa shape index (κ2) is 12.0. The van der Waals surface area contributed by atoms with Gasteiger partial charge in [-0.2, -0.15) is 4.98 Å². The number of piperazine rings is 1. The first kappa shape index (κ1) is 29.7. The summed E-state index contributed by atoms with van der Waals surface area (Å²) in [6, 6.07) is 15.7. The molecule has 2 aromatic heterocycles. The number of rotatable bonds is 7. The van der Waals surface area contributed by atoms with E-state index in [0.29, 0.717) is 23.8 Å². The lowest BCUT2D eigenvalue weighted by molar-refractivity contribution is -0.139. The van der Waals surface area contributed by atoms with E-state index in [2.05, 4.69) is 53.0 Å². The van der Waals surface area contributed by atoms with E-state index in [-0.39, 0.29) is 29.1 Å². The van der Waals surface area contributed by atoms with Crippen LogP contribution in [0.3, 0.4) is 0 Å². The van der Waals surface area contributed by atoms with Gasteiger partial charge in [-0.05, 0) is 54.5 Å². The van der Waals surface area contributed by atoms with Crippen molar-refractivity contribution in [3.8, 4) is 0 Å². The number of aromatic nitrogens is 4. The number of hydrogen-bond donors (Lipinski definition) is 1. The highest BCUT2D eigenvalue weighted by Gasteiger charge is 2.32. The molecule has 0 bridgehead atoms. The molecule has 10 nitrogen and oxygen atoms in total. The summed E-state index contributed by atoms with van der Waals surface area (Å²) < 4.78 is 1.75. The molecule has 0 aliphatic carbocycles. The zero-order valence-corrected chi connectivity index (χ0v) is 26.3. The highest BCUT2D eigenvalue weighted by molar-refractivity contribution is 5.96. The first-order valence-corrected chi connectivity index (χ1v) is 15.5. The highest BCUT2D eigenvalue weighted by atomic mass is 16.2. The summed E-state index contributed by atoms with van der Waals surface area (Å²) in [5, 5.41) is 8.19. The van der Waals surface area contributed by atoms with Gasteiger partial charge in [-0.25, -0.2) is 9.50 Å². The molecule has 230 valence electrons. The Kier molecular flexibility index (Phi) is 8.11. The third-order valence-corrected chi connectivity index (χ3v) is 8.92. The summed E-state index contributed by atoms with van der Waals surface area (Å²) in [5.74, 6) is 1.74. The van der Waals surface area contributed by atoms with Crippen molar-refractivity contribution in [1.82, 2.24) is 29.4 Å². The largest absolute Gasteiger partial charge is 0.343 e. The molecule has 2 aliphatic rings. The molecule has 0 radical (unpaired) electrons. The predicted molar refractivity (Wildman–Crippen MR) is 173 cm³/mol. The topological polar surface area (TPSA) is 99.0 Å². The van der Waals surface area contributed by atoms with Crippen LogP contribution >= 0.6 is 0 Å². The van der Waals surface area contributed by atoms with E-state index in [1.807, 2.05) is 56.7 Å². The van der Waals surface area contributed by atoms with Gasteiger partial charge in [0.05, 0.1) is 0 Å². The molecule has 10 heteroatoms. The molecule has 44 heavy (non-hydrogen) atoms. The van der Waals surface area contributed by atoms with Gasteiger partial charge in [-0.1, -0.05) is 57.2 Å². The number of ketones is 1. The summed E-state index contributed by atoms with van der Waals surface area (Å²) in [7, 11) is 3.85. The van der Waals surface area contributed by atoms with Crippen molar-refractivity contribution in [1.29, 1.82) is 0 Å². The van der Waals surface area contributed by atoms with Crippen LogP contribution in [0.4, 0.5) is 17.5 Å². The van der Waals surface area contributed by atoms with Gasteiger partial charge >= 0.3 is 0 Å². The molecule has 6 rings (SSSR count). The average molecular weight is 595 g/mol. The number of amides is 1. The minimum Gasteiger partial charge on any atom is -0.343 e. The summed E-state index contributed by atoms with van der Waals surface area (Å²) in [6.07, 6.45) is 6.01. The minimum atomic E-state index is -0.283. The third kappa shape index (κ3) is 6.17. The zero-order chi connectivity index (χ0) is 31.0. The molecule has 0 spiro atoms. The third-order valence-electron chi connectivity index (χ3n) is 8.92. The monoisotopic (exact) mass is 594 g/mol. The number of Topliss-reactive ketones (excluding diaryl/α,β-unsaturated/α-hetero) is 1. The fourth-order valence-corrected chi connectivity index (χ4v) is 6.21. The van der Waals surface area contributed by atoms with Crippen LogP contribution < -0.4 is 10.2 Å². The maximum atomic E-state index is 13.2. The molecule has 2 unspecified atom stereocenters. The van der Waals surface area contributed by atoms with Gasteiger partial charge in [-0.3, -0.25) is 14.5 Å². The number of piperidine rings is 1. The molecular weight excluding hydrogens is 552 g/mol. The van der Waals surface area contributed by atoms with Crippen molar-refractivity contribution in [2.75, 3.05) is 50.5 Å². The Labute approximate surface area is 259 Å². The Morgan fingerprint density at radius 2 is 1.75 bits per heavy atom. The second-order valence-electron chi connectivity index (χ2n) is 13.3. The van der Waals surface area contributed by atoms with Crippen molar-refractivity contribution >= 4 is 34.8 Å². The number of likely N-dealkylation sites (N-methyl/N-ethyl adjacent to an activating group) is 2. The van der Waals surface area contributed by atoms with E-state index in [1.165, 1.54) is 5.56 Å². The van der Waals surface area contributed by atoms with Gasteiger partial charge in [0.1, 0.15) is 6.04 Å². The maximum absolute atomic E-state index is 13.2. The van der Waals surface area contributed by atoms with Crippen LogP contribution in [0.25, 0.3) is 5.65 Å². The van der Waals surface area contributed by atoms with Gasteiger partial charge in [-0.15, -0.1) is 5.10 Å². The number of nitrogens with zero attached hydrogens (tertiary/aromatic N) is 7. The van der Waals surface area contributed by atoms with Gasteiger partial charge in [0, 0.05) is 63.3 Å². The van der Waals surface area contributed by atoms with Crippen LogP contribution in [0.15, 0.2) is 60.9 Å². The highest BCUT2D eigenvalue weighted by Crippen LogP contribution is 2.30. The number of carbonyl (C=O) groups is 2. The van der Waals surface area contributed by atoms with E-state index in [9.17, 15) is 9.59 Å². The quantitative estimate of drug-likeness (QED) is 0.295. The Morgan fingerprint density at radius 3 is 2.48 bits per heavy atom. The fourth-order valence-electron chi connectivity index (χ4n) is 6.21. The molecule has 4 aromatic rings. The molecule has 2 aliphatic heterocycles. The van der Waals surface area contributed by atoms with Crippen LogP contribution in [0.2, 0.25) is 0 Å². The number of nitrogens with one attached hydrogen (secondary N) is 1. The Morgan fingerprint density at radius 1 is 1.00 bits per heavy atom. The van der Waals surface area contributed by atoms with Gasteiger partial charge in [0.15, 0.2) is 17.2 Å². The number of fused-ring (bicyclic) bond motifs is 1. The van der Waals surface area contributed by atoms with Gasteiger partial charge in [0.2, 0.25) is 11.9 Å². The molecule has 4 heterocycles. The molecule has 2 fully saturated rings.